The first-order valence-electron chi connectivity index (χ1n) is 5.56. The van der Waals surface area contributed by atoms with Gasteiger partial charge in [-0.1, -0.05) is 61.7 Å². The van der Waals surface area contributed by atoms with Gasteiger partial charge in [0, 0.05) is 0 Å². The van der Waals surface area contributed by atoms with Crippen molar-refractivity contribution in [2.45, 2.75) is 39.5 Å². The van der Waals surface area contributed by atoms with E-state index >= 15 is 0 Å². The van der Waals surface area contributed by atoms with Crippen LogP contribution in [0.3, 0.4) is 0 Å². The Labute approximate surface area is 87.7 Å². The second-order valence-corrected chi connectivity index (χ2v) is 3.81. The van der Waals surface area contributed by atoms with E-state index in [0.717, 1.165) is 0 Å². The molecule has 0 heterocycles. The zero-order chi connectivity index (χ0) is 10.2. The average molecular weight is 188 g/mol. The first-order chi connectivity index (χ1) is 6.83. The van der Waals surface area contributed by atoms with E-state index in [9.17, 15) is 0 Å². The van der Waals surface area contributed by atoms with Crippen LogP contribution in [-0.2, 0) is 0 Å². The van der Waals surface area contributed by atoms with Gasteiger partial charge in [0.1, 0.15) is 0 Å². The summed E-state index contributed by atoms with van der Waals surface area (Å²) in [4.78, 5) is 0. The molecule has 0 radical (unpaired) electrons. The fourth-order valence-electron chi connectivity index (χ4n) is 1.51. The summed E-state index contributed by atoms with van der Waals surface area (Å²) < 4.78 is 0. The Hall–Kier alpha value is -1.04. The summed E-state index contributed by atoms with van der Waals surface area (Å²) in [7, 11) is 0. The number of hydrogen-bond acceptors (Lipinski definition) is 0. The van der Waals surface area contributed by atoms with Crippen LogP contribution >= 0.6 is 0 Å². The Morgan fingerprint density at radius 3 is 2.79 bits per heavy atom. The zero-order valence-corrected chi connectivity index (χ0v) is 9.29. The molecule has 0 nitrogen and oxygen atoms in total. The summed E-state index contributed by atoms with van der Waals surface area (Å²) in [6.07, 6.45) is 9.68. The van der Waals surface area contributed by atoms with Crippen LogP contribution in [0.25, 0.3) is 6.08 Å². The lowest BCUT2D eigenvalue weighted by atomic mass is 10.1. The van der Waals surface area contributed by atoms with Crippen LogP contribution in [0.2, 0.25) is 0 Å². The van der Waals surface area contributed by atoms with Gasteiger partial charge < -0.3 is 0 Å². The second-order valence-electron chi connectivity index (χ2n) is 3.81. The van der Waals surface area contributed by atoms with Crippen molar-refractivity contribution in [1.29, 1.82) is 0 Å². The molecule has 0 aliphatic heterocycles. The van der Waals surface area contributed by atoms with Gasteiger partial charge in [0.2, 0.25) is 0 Å². The van der Waals surface area contributed by atoms with Gasteiger partial charge in [0.05, 0.1) is 0 Å². The number of allylic oxidation sites excluding steroid dienone is 1. The fourth-order valence-corrected chi connectivity index (χ4v) is 1.51. The predicted octanol–water partition coefficient (Wildman–Crippen LogP) is 4.59. The van der Waals surface area contributed by atoms with Crippen molar-refractivity contribution in [2.24, 2.45) is 0 Å². The molecule has 0 atom stereocenters. The minimum atomic E-state index is 1.21. The molecule has 0 amide bonds. The number of hydrogen-bond donors (Lipinski definition) is 0. The average Bonchev–Trinajstić information content (AvgIpc) is 2.18. The molecule has 0 heteroatoms. The summed E-state index contributed by atoms with van der Waals surface area (Å²) >= 11 is 0. The molecule has 14 heavy (non-hydrogen) atoms. The Morgan fingerprint density at radius 2 is 2.07 bits per heavy atom. The molecular weight excluding hydrogens is 168 g/mol. The zero-order valence-electron chi connectivity index (χ0n) is 9.29. The number of rotatable bonds is 5. The van der Waals surface area contributed by atoms with Gasteiger partial charge in [-0.05, 0) is 25.3 Å². The van der Waals surface area contributed by atoms with Crippen LogP contribution in [0.5, 0.6) is 0 Å². The summed E-state index contributed by atoms with van der Waals surface area (Å²) in [5.74, 6) is 0. The maximum atomic E-state index is 2.28. The maximum Gasteiger partial charge on any atom is -0.0257 e. The second kappa shape index (κ2) is 6.42. The highest BCUT2D eigenvalue weighted by molar-refractivity contribution is 5.49. The first kappa shape index (κ1) is 11.0. The van der Waals surface area contributed by atoms with Crippen molar-refractivity contribution in [3.63, 3.8) is 0 Å². The van der Waals surface area contributed by atoms with E-state index in [1.54, 1.807) is 0 Å². The van der Waals surface area contributed by atoms with Crippen molar-refractivity contribution < 1.29 is 0 Å². The van der Waals surface area contributed by atoms with Crippen molar-refractivity contribution in [2.75, 3.05) is 0 Å². The number of unbranched alkanes of at least 4 members (excludes halogenated alkanes) is 3. The summed E-state index contributed by atoms with van der Waals surface area (Å²) in [5, 5.41) is 0. The molecule has 0 aliphatic carbocycles. The highest BCUT2D eigenvalue weighted by Crippen LogP contribution is 2.07. The summed E-state index contributed by atoms with van der Waals surface area (Å²) in [5.41, 5.74) is 2.65. The third-order valence-corrected chi connectivity index (χ3v) is 2.33. The third-order valence-electron chi connectivity index (χ3n) is 2.33. The molecule has 1 aromatic rings. The van der Waals surface area contributed by atoms with Gasteiger partial charge in [-0.2, -0.15) is 0 Å². The van der Waals surface area contributed by atoms with Gasteiger partial charge in [-0.25, -0.2) is 0 Å². The normalized spacial score (nSPS) is 11.0. The minimum Gasteiger partial charge on any atom is -0.0839 e. The van der Waals surface area contributed by atoms with Crippen LogP contribution in [0.4, 0.5) is 0 Å². The largest absolute Gasteiger partial charge is 0.0839 e. The lowest BCUT2D eigenvalue weighted by Gasteiger charge is -1.95. The number of benzene rings is 1. The fraction of sp³-hybridized carbons (Fsp3) is 0.429. The van der Waals surface area contributed by atoms with Gasteiger partial charge in [-0.15, -0.1) is 0 Å². The lowest BCUT2D eigenvalue weighted by molar-refractivity contribution is 0.730. The topological polar surface area (TPSA) is 0 Å². The van der Waals surface area contributed by atoms with E-state index in [-0.39, 0.29) is 0 Å². The summed E-state index contributed by atoms with van der Waals surface area (Å²) in [6, 6.07) is 8.62. The Kier molecular flexibility index (Phi) is 5.06. The van der Waals surface area contributed by atoms with E-state index in [0.29, 0.717) is 0 Å². The van der Waals surface area contributed by atoms with Crippen molar-refractivity contribution in [1.82, 2.24) is 0 Å². The third kappa shape index (κ3) is 4.27. The van der Waals surface area contributed by atoms with Crippen LogP contribution in [0, 0.1) is 6.92 Å². The van der Waals surface area contributed by atoms with E-state index < -0.39 is 0 Å². The standard InChI is InChI=1S/C14H20/c1-3-4-5-6-7-10-14-11-8-9-13(2)12-14/h7-12H,3-6H2,1-2H3. The molecule has 1 rings (SSSR count). The van der Waals surface area contributed by atoms with Crippen LogP contribution in [0.1, 0.15) is 43.7 Å². The Bertz CT molecular complexity index is 284. The van der Waals surface area contributed by atoms with Crippen LogP contribution in [-0.4, -0.2) is 0 Å². The quantitative estimate of drug-likeness (QED) is 0.593. The maximum absolute atomic E-state index is 2.28. The number of aryl methyl sites for hydroxylation is 1. The molecule has 0 saturated heterocycles. The molecular formula is C14H20. The van der Waals surface area contributed by atoms with E-state index in [4.69, 9.17) is 0 Å². The highest BCUT2D eigenvalue weighted by Gasteiger charge is 1.87. The van der Waals surface area contributed by atoms with Crippen molar-refractivity contribution in [3.8, 4) is 0 Å². The van der Waals surface area contributed by atoms with E-state index in [1.807, 2.05) is 0 Å². The molecule has 0 aromatic heterocycles. The first-order valence-corrected chi connectivity index (χ1v) is 5.56. The SMILES string of the molecule is CCCCCC=Cc1cccc(C)c1. The molecule has 76 valence electrons. The molecule has 0 unspecified atom stereocenters. The van der Waals surface area contributed by atoms with Gasteiger partial charge in [0.25, 0.3) is 0 Å². The molecule has 0 N–H and O–H groups in total. The van der Waals surface area contributed by atoms with Gasteiger partial charge >= 0.3 is 0 Å². The smallest absolute Gasteiger partial charge is 0.0257 e. The van der Waals surface area contributed by atoms with Crippen molar-refractivity contribution in [3.05, 3.63) is 41.5 Å². The van der Waals surface area contributed by atoms with Gasteiger partial charge in [0.15, 0.2) is 0 Å². The Morgan fingerprint density at radius 1 is 1.21 bits per heavy atom. The van der Waals surface area contributed by atoms with Crippen LogP contribution < -0.4 is 0 Å². The Balaban J connectivity index is 2.36. The molecule has 0 bridgehead atoms. The molecule has 0 fully saturated rings. The van der Waals surface area contributed by atoms with E-state index in [1.165, 1.54) is 36.8 Å². The van der Waals surface area contributed by atoms with E-state index in [2.05, 4.69) is 50.3 Å². The monoisotopic (exact) mass is 188 g/mol. The predicted molar refractivity (Wildman–Crippen MR) is 64.4 cm³/mol. The van der Waals surface area contributed by atoms with Crippen LogP contribution in [0.15, 0.2) is 30.3 Å². The molecule has 0 spiro atoms. The molecule has 0 saturated carbocycles. The highest BCUT2D eigenvalue weighted by atomic mass is 13.9. The lowest BCUT2D eigenvalue weighted by Crippen LogP contribution is -1.75. The molecule has 0 aliphatic rings. The summed E-state index contributed by atoms with van der Waals surface area (Å²) in [6.45, 7) is 4.37. The molecule has 1 aromatic carbocycles. The van der Waals surface area contributed by atoms with Gasteiger partial charge in [-0.3, -0.25) is 0 Å². The van der Waals surface area contributed by atoms with Crippen molar-refractivity contribution >= 4 is 6.08 Å². The minimum absolute atomic E-state index is 1.21.